The van der Waals surface area contributed by atoms with Crippen molar-refractivity contribution in [2.75, 3.05) is 5.32 Å². The Kier molecular flexibility index (Phi) is 13.2. The minimum absolute atomic E-state index is 0.00475. The van der Waals surface area contributed by atoms with Gasteiger partial charge in [0.1, 0.15) is 11.4 Å². The minimum Gasteiger partial charge on any atom is -0.454 e. The van der Waals surface area contributed by atoms with Crippen molar-refractivity contribution in [2.45, 2.75) is 64.8 Å². The molecule has 3 N–H and O–H groups in total. The summed E-state index contributed by atoms with van der Waals surface area (Å²) in [6.45, 7) is 6.38. The lowest BCUT2D eigenvalue weighted by Crippen LogP contribution is -2.35. The Labute approximate surface area is 215 Å². The number of unbranched alkanes of at least 4 members (excludes halogenated alkanes) is 2. The molecule has 0 aliphatic heterocycles. The van der Waals surface area contributed by atoms with Gasteiger partial charge in [0.15, 0.2) is 5.75 Å². The summed E-state index contributed by atoms with van der Waals surface area (Å²) < 4.78 is 14.6. The molecule has 0 aliphatic rings. The van der Waals surface area contributed by atoms with E-state index in [9.17, 15) is 10.1 Å². The van der Waals surface area contributed by atoms with Gasteiger partial charge in [0.05, 0.1) is 15.0 Å². The molecule has 0 unspecified atom stereocenters. The summed E-state index contributed by atoms with van der Waals surface area (Å²) in [5, 5.41) is 16.0. The molecule has 0 atom stereocenters. The average molecular weight is 556 g/mol. The van der Waals surface area contributed by atoms with Crippen LogP contribution >= 0.6 is 43.1 Å². The molecule has 0 aromatic heterocycles. The van der Waals surface area contributed by atoms with Crippen molar-refractivity contribution in [3.8, 4) is 11.5 Å². The average Bonchev–Trinajstić information content (AvgIpc) is 2.73. The summed E-state index contributed by atoms with van der Waals surface area (Å²) in [4.78, 5) is 25.5. The van der Waals surface area contributed by atoms with Crippen LogP contribution in [-0.2, 0) is 4.57 Å². The Hall–Kier alpha value is -1.54. The zero-order valence-corrected chi connectivity index (χ0v) is 22.5. The van der Waals surface area contributed by atoms with Gasteiger partial charge in [-0.25, -0.2) is 0 Å². The van der Waals surface area contributed by atoms with Crippen LogP contribution in [0.4, 0.5) is 11.4 Å². The molecule has 0 aliphatic carbocycles. The van der Waals surface area contributed by atoms with Gasteiger partial charge in [0, 0.05) is 22.7 Å². The first-order chi connectivity index (χ1) is 15.9. The SMILES string of the molecule is CCCCC(C)(CCCC)Nc1cc(Oc2c(Cl)cc(Cl)cc2Cl)ccc1[N+](=O)[O-].O=[PH](O)O. The molecule has 0 fully saturated rings. The second kappa shape index (κ2) is 14.8. The number of nitrogens with zero attached hydrogens (tertiary/aromatic N) is 1. The van der Waals surface area contributed by atoms with Crippen LogP contribution in [0.25, 0.3) is 0 Å². The number of nitro benzene ring substituents is 1. The largest absolute Gasteiger partial charge is 0.454 e. The van der Waals surface area contributed by atoms with Crippen molar-refractivity contribution < 1.29 is 24.0 Å². The number of hydrogen-bond donors (Lipinski definition) is 3. The molecule has 0 radical (unpaired) electrons. The summed E-state index contributed by atoms with van der Waals surface area (Å²) in [5.74, 6) is 0.643. The Bertz CT molecular complexity index is 958. The predicted octanol–water partition coefficient (Wildman–Crippen LogP) is 8.26. The lowest BCUT2D eigenvalue weighted by molar-refractivity contribution is -0.384. The van der Waals surface area contributed by atoms with E-state index in [1.807, 2.05) is 0 Å². The topological polar surface area (TPSA) is 122 Å². The second-order valence-electron chi connectivity index (χ2n) is 7.91. The van der Waals surface area contributed by atoms with Crippen molar-refractivity contribution >= 4 is 54.4 Å². The summed E-state index contributed by atoms with van der Waals surface area (Å²) >= 11 is 18.4. The first kappa shape index (κ1) is 30.5. The molecule has 2 rings (SSSR count). The zero-order chi connectivity index (χ0) is 25.9. The van der Waals surface area contributed by atoms with Gasteiger partial charge in [-0.15, -0.1) is 0 Å². The molecule has 8 nitrogen and oxygen atoms in total. The molecule has 0 saturated carbocycles. The number of halogens is 3. The van der Waals surface area contributed by atoms with E-state index in [2.05, 4.69) is 26.1 Å². The molecule has 2 aromatic rings. The van der Waals surface area contributed by atoms with E-state index in [1.54, 1.807) is 6.07 Å². The van der Waals surface area contributed by atoms with Gasteiger partial charge >= 0.3 is 8.25 Å². The van der Waals surface area contributed by atoms with E-state index in [0.717, 1.165) is 38.5 Å². The lowest BCUT2D eigenvalue weighted by Gasteiger charge is -2.32. The zero-order valence-electron chi connectivity index (χ0n) is 19.2. The second-order valence-corrected chi connectivity index (χ2v) is 9.73. The van der Waals surface area contributed by atoms with Crippen LogP contribution in [0, 0.1) is 10.1 Å². The van der Waals surface area contributed by atoms with Crippen LogP contribution in [0.1, 0.15) is 59.3 Å². The summed E-state index contributed by atoms with van der Waals surface area (Å²) in [5.41, 5.74) is 0.147. The summed E-state index contributed by atoms with van der Waals surface area (Å²) in [7, 11) is -3.13. The van der Waals surface area contributed by atoms with Crippen molar-refractivity contribution in [3.05, 3.63) is 55.5 Å². The minimum atomic E-state index is -3.13. The van der Waals surface area contributed by atoms with Gasteiger partial charge in [-0.1, -0.05) is 74.3 Å². The third-order valence-electron chi connectivity index (χ3n) is 4.95. The van der Waals surface area contributed by atoms with Gasteiger partial charge in [-0.3, -0.25) is 14.7 Å². The number of hydrogen-bond acceptors (Lipinski definition) is 5. The number of nitrogens with one attached hydrogen (secondary N) is 1. The molecule has 0 heterocycles. The molecule has 2 aromatic carbocycles. The molecule has 12 heteroatoms. The maximum absolute atomic E-state index is 11.6. The van der Waals surface area contributed by atoms with Crippen molar-refractivity contribution in [1.29, 1.82) is 0 Å². The fraction of sp³-hybridized carbons (Fsp3) is 0.455. The Morgan fingerprint density at radius 3 is 2.00 bits per heavy atom. The van der Waals surface area contributed by atoms with Crippen LogP contribution < -0.4 is 10.1 Å². The van der Waals surface area contributed by atoms with Crippen molar-refractivity contribution in [2.24, 2.45) is 0 Å². The van der Waals surface area contributed by atoms with Crippen molar-refractivity contribution in [3.63, 3.8) is 0 Å². The maximum Gasteiger partial charge on any atom is 0.314 e. The number of anilines is 1. The van der Waals surface area contributed by atoms with E-state index >= 15 is 0 Å². The molecule has 190 valence electrons. The summed E-state index contributed by atoms with van der Waals surface area (Å²) in [6.07, 6.45) is 6.02. The van der Waals surface area contributed by atoms with Gasteiger partial charge in [0.2, 0.25) is 0 Å². The number of ether oxygens (including phenoxy) is 1. The number of nitro groups is 1. The van der Waals surface area contributed by atoms with Gasteiger partial charge < -0.3 is 19.8 Å². The third-order valence-corrected chi connectivity index (χ3v) is 5.73. The third kappa shape index (κ3) is 10.4. The maximum atomic E-state index is 11.6. The molecule has 0 amide bonds. The number of benzene rings is 2. The van der Waals surface area contributed by atoms with Crippen molar-refractivity contribution in [1.82, 2.24) is 0 Å². The van der Waals surface area contributed by atoms with E-state index in [1.165, 1.54) is 24.3 Å². The molecule has 0 saturated heterocycles. The Morgan fingerprint density at radius 2 is 1.56 bits per heavy atom. The monoisotopic (exact) mass is 554 g/mol. The standard InChI is InChI=1S/C22H27Cl3N2O3.H3O3P/c1-4-6-10-22(3,11-7-5-2)26-19-14-16(8-9-20(19)27(28)29)30-21-17(24)12-15(23)13-18(21)25;1-4(2)3/h8-9,12-14,26H,4-7,10-11H2,1-3H3;4H,(H2,1,2,3). The van der Waals surface area contributed by atoms with E-state index in [-0.39, 0.29) is 27.0 Å². The van der Waals surface area contributed by atoms with Crippen LogP contribution in [0.5, 0.6) is 11.5 Å². The normalized spacial score (nSPS) is 11.1. The van der Waals surface area contributed by atoms with E-state index in [0.29, 0.717) is 16.5 Å². The molecule has 0 bridgehead atoms. The first-order valence-corrected chi connectivity index (χ1v) is 13.2. The number of rotatable bonds is 11. The van der Waals surface area contributed by atoms with E-state index < -0.39 is 13.2 Å². The fourth-order valence-corrected chi connectivity index (χ4v) is 4.19. The highest BCUT2D eigenvalue weighted by molar-refractivity contribution is 7.30. The van der Waals surface area contributed by atoms with Crippen LogP contribution in [0.3, 0.4) is 0 Å². The quantitative estimate of drug-likeness (QED) is 0.145. The van der Waals surface area contributed by atoms with Gasteiger partial charge in [-0.2, -0.15) is 0 Å². The molecular formula is C22H30Cl3N2O6P. The highest BCUT2D eigenvalue weighted by Crippen LogP contribution is 2.41. The van der Waals surface area contributed by atoms with Crippen LogP contribution in [-0.4, -0.2) is 20.2 Å². The highest BCUT2D eigenvalue weighted by Gasteiger charge is 2.27. The Balaban J connectivity index is 0.00000133. The lowest BCUT2D eigenvalue weighted by atomic mass is 9.88. The van der Waals surface area contributed by atoms with Crippen LogP contribution in [0.2, 0.25) is 15.1 Å². The van der Waals surface area contributed by atoms with Crippen LogP contribution in [0.15, 0.2) is 30.3 Å². The Morgan fingerprint density at radius 1 is 1.06 bits per heavy atom. The van der Waals surface area contributed by atoms with Gasteiger partial charge in [-0.05, 0) is 38.0 Å². The summed E-state index contributed by atoms with van der Waals surface area (Å²) in [6, 6.07) is 7.63. The highest BCUT2D eigenvalue weighted by atomic mass is 35.5. The molecular weight excluding hydrogens is 526 g/mol. The first-order valence-electron chi connectivity index (χ1n) is 10.7. The van der Waals surface area contributed by atoms with E-state index in [4.69, 9.17) is 53.9 Å². The predicted molar refractivity (Wildman–Crippen MR) is 139 cm³/mol. The molecule has 34 heavy (non-hydrogen) atoms. The molecule has 0 spiro atoms. The smallest absolute Gasteiger partial charge is 0.314 e. The van der Waals surface area contributed by atoms with Gasteiger partial charge in [0.25, 0.3) is 5.69 Å². The fourth-order valence-electron chi connectivity index (χ4n) is 3.29.